The number of carbonyl (C=O) groups is 2. The number of amides is 1. The van der Waals surface area contributed by atoms with Crippen LogP contribution in [0.2, 0.25) is 0 Å². The molecule has 3 aromatic rings. The number of hydrogen-bond donors (Lipinski definition) is 2. The Hall–Kier alpha value is -4.26. The van der Waals surface area contributed by atoms with E-state index >= 15 is 0 Å². The summed E-state index contributed by atoms with van der Waals surface area (Å²) in [7, 11) is 0. The minimum Gasteiger partial charge on any atom is -0.508 e. The first-order valence-corrected chi connectivity index (χ1v) is 13.2. The molecule has 1 amide bonds. The number of benzene rings is 3. The number of hydrogen-bond acceptors (Lipinski definition) is 6. The van der Waals surface area contributed by atoms with Gasteiger partial charge >= 0.3 is 0 Å². The molecule has 1 fully saturated rings. The number of Topliss-reactive ketones (excluding diaryl/α,β-unsaturated/α-hetero) is 1. The molecule has 1 aliphatic heterocycles. The molecule has 7 heteroatoms. The molecule has 1 heterocycles. The molecule has 1 atom stereocenters. The maximum Gasteiger partial charge on any atom is 0.295 e. The van der Waals surface area contributed by atoms with Gasteiger partial charge in [-0.15, -0.1) is 0 Å². The maximum absolute atomic E-state index is 13.4. The van der Waals surface area contributed by atoms with Crippen molar-refractivity contribution in [2.75, 3.05) is 13.2 Å². The van der Waals surface area contributed by atoms with E-state index in [-0.39, 0.29) is 23.6 Å². The third kappa shape index (κ3) is 6.60. The molecular formula is C32H35NO6. The summed E-state index contributed by atoms with van der Waals surface area (Å²) >= 11 is 0. The highest BCUT2D eigenvalue weighted by Crippen LogP contribution is 2.41. The molecule has 0 aliphatic carbocycles. The quantitative estimate of drug-likeness (QED) is 0.188. The van der Waals surface area contributed by atoms with Crippen molar-refractivity contribution in [3.05, 3.63) is 95.1 Å². The summed E-state index contributed by atoms with van der Waals surface area (Å²) in [4.78, 5) is 28.1. The average Bonchev–Trinajstić information content (AvgIpc) is 3.16. The predicted molar refractivity (Wildman–Crippen MR) is 150 cm³/mol. The Kier molecular flexibility index (Phi) is 8.59. The second kappa shape index (κ2) is 12.1. The molecule has 2 N–H and O–H groups in total. The fourth-order valence-corrected chi connectivity index (χ4v) is 4.35. The number of ketones is 1. The molecule has 0 aromatic heterocycles. The van der Waals surface area contributed by atoms with E-state index in [4.69, 9.17) is 9.47 Å². The van der Waals surface area contributed by atoms with Crippen LogP contribution in [-0.4, -0.2) is 40.0 Å². The van der Waals surface area contributed by atoms with Crippen molar-refractivity contribution in [1.82, 2.24) is 4.90 Å². The van der Waals surface area contributed by atoms with Gasteiger partial charge in [0.2, 0.25) is 0 Å². The molecule has 0 saturated carbocycles. The highest BCUT2D eigenvalue weighted by Gasteiger charge is 2.46. The minimum atomic E-state index is -0.845. The van der Waals surface area contributed by atoms with Crippen molar-refractivity contribution < 1.29 is 29.3 Å². The molecule has 39 heavy (non-hydrogen) atoms. The van der Waals surface area contributed by atoms with Gasteiger partial charge in [0.05, 0.1) is 24.8 Å². The lowest BCUT2D eigenvalue weighted by Crippen LogP contribution is -2.29. The van der Waals surface area contributed by atoms with Crippen molar-refractivity contribution in [3.63, 3.8) is 0 Å². The SMILES string of the molecule is CC(C)COc1ccc(CN2C(=O)C(=O)/C(=C(\O)c3cccc(OCC(C)C)c3)C2c2ccc(O)cc2)cc1. The topological polar surface area (TPSA) is 96.3 Å². The molecule has 3 aromatic carbocycles. The smallest absolute Gasteiger partial charge is 0.295 e. The van der Waals surface area contributed by atoms with E-state index in [9.17, 15) is 19.8 Å². The molecule has 204 valence electrons. The third-order valence-corrected chi connectivity index (χ3v) is 6.30. The van der Waals surface area contributed by atoms with Crippen LogP contribution in [0.3, 0.4) is 0 Å². The summed E-state index contributed by atoms with van der Waals surface area (Å²) in [6.45, 7) is 9.47. The van der Waals surface area contributed by atoms with E-state index in [1.807, 2.05) is 38.1 Å². The Morgan fingerprint density at radius 2 is 1.46 bits per heavy atom. The summed E-state index contributed by atoms with van der Waals surface area (Å²) in [5, 5.41) is 21.2. The van der Waals surface area contributed by atoms with E-state index in [1.54, 1.807) is 36.4 Å². The first kappa shape index (κ1) is 27.8. The van der Waals surface area contributed by atoms with Gasteiger partial charge in [-0.3, -0.25) is 9.59 Å². The van der Waals surface area contributed by atoms with Gasteiger partial charge < -0.3 is 24.6 Å². The Bertz CT molecular complexity index is 1340. The van der Waals surface area contributed by atoms with Crippen LogP contribution in [0.25, 0.3) is 5.76 Å². The van der Waals surface area contributed by atoms with Crippen molar-refractivity contribution in [2.24, 2.45) is 11.8 Å². The van der Waals surface area contributed by atoms with E-state index in [0.29, 0.717) is 41.9 Å². The summed E-state index contributed by atoms with van der Waals surface area (Å²) in [6, 6.07) is 19.7. The Labute approximate surface area is 229 Å². The molecule has 4 rings (SSSR count). The zero-order valence-corrected chi connectivity index (χ0v) is 22.8. The van der Waals surface area contributed by atoms with Gasteiger partial charge in [-0.1, -0.05) is 64.1 Å². The lowest BCUT2D eigenvalue weighted by Gasteiger charge is -2.25. The largest absolute Gasteiger partial charge is 0.508 e. The van der Waals surface area contributed by atoms with Crippen LogP contribution in [0.15, 0.2) is 78.4 Å². The molecule has 1 saturated heterocycles. The first-order valence-electron chi connectivity index (χ1n) is 13.2. The standard InChI is InChI=1S/C32H35NO6/c1-20(2)18-38-26-14-8-22(9-15-26)17-33-29(23-10-12-25(34)13-11-23)28(31(36)32(33)37)30(35)24-6-5-7-27(16-24)39-19-21(3)4/h5-16,20-21,29,34-35H,17-19H2,1-4H3/b30-28-. The van der Waals surface area contributed by atoms with Gasteiger partial charge in [0.1, 0.15) is 23.0 Å². The van der Waals surface area contributed by atoms with E-state index in [2.05, 4.69) is 13.8 Å². The van der Waals surface area contributed by atoms with Crippen molar-refractivity contribution >= 4 is 17.4 Å². The molecule has 7 nitrogen and oxygen atoms in total. The second-order valence-electron chi connectivity index (χ2n) is 10.6. The lowest BCUT2D eigenvalue weighted by molar-refractivity contribution is -0.140. The predicted octanol–water partition coefficient (Wildman–Crippen LogP) is 6.08. The number of phenolic OH excluding ortho intramolecular Hbond substituents is 1. The first-order chi connectivity index (χ1) is 18.6. The van der Waals surface area contributed by atoms with Crippen LogP contribution in [0.5, 0.6) is 17.2 Å². The monoisotopic (exact) mass is 529 g/mol. The number of rotatable bonds is 10. The third-order valence-electron chi connectivity index (χ3n) is 6.30. The van der Waals surface area contributed by atoms with Crippen LogP contribution >= 0.6 is 0 Å². The molecule has 0 spiro atoms. The fraction of sp³-hybridized carbons (Fsp3) is 0.312. The van der Waals surface area contributed by atoms with E-state index < -0.39 is 17.7 Å². The maximum atomic E-state index is 13.4. The van der Waals surface area contributed by atoms with Gasteiger partial charge in [-0.2, -0.15) is 0 Å². The fourth-order valence-electron chi connectivity index (χ4n) is 4.35. The number of aliphatic hydroxyl groups excluding tert-OH is 1. The van der Waals surface area contributed by atoms with Crippen molar-refractivity contribution in [2.45, 2.75) is 40.3 Å². The summed E-state index contributed by atoms with van der Waals surface area (Å²) in [5.74, 6) is 0.302. The Morgan fingerprint density at radius 1 is 0.846 bits per heavy atom. The van der Waals surface area contributed by atoms with Crippen molar-refractivity contribution in [3.8, 4) is 17.2 Å². The average molecular weight is 530 g/mol. The van der Waals surface area contributed by atoms with Gasteiger partial charge in [-0.25, -0.2) is 0 Å². The molecule has 0 radical (unpaired) electrons. The normalized spacial score (nSPS) is 16.8. The number of aromatic hydroxyl groups is 1. The minimum absolute atomic E-state index is 0.0106. The zero-order chi connectivity index (χ0) is 28.1. The number of phenols is 1. The number of nitrogens with zero attached hydrogens (tertiary/aromatic N) is 1. The zero-order valence-electron chi connectivity index (χ0n) is 22.8. The van der Waals surface area contributed by atoms with Gasteiger partial charge in [-0.05, 0) is 59.4 Å². The molecule has 1 unspecified atom stereocenters. The summed E-state index contributed by atoms with van der Waals surface area (Å²) < 4.78 is 11.6. The number of likely N-dealkylation sites (tertiary alicyclic amines) is 1. The van der Waals surface area contributed by atoms with Gasteiger partial charge in [0.15, 0.2) is 0 Å². The van der Waals surface area contributed by atoms with E-state index in [0.717, 1.165) is 11.3 Å². The number of carbonyl (C=O) groups excluding carboxylic acids is 2. The van der Waals surface area contributed by atoms with Crippen LogP contribution < -0.4 is 9.47 Å². The summed E-state index contributed by atoms with van der Waals surface area (Å²) in [5.41, 5.74) is 1.77. The lowest BCUT2D eigenvalue weighted by atomic mass is 9.95. The molecule has 1 aliphatic rings. The van der Waals surface area contributed by atoms with Crippen LogP contribution in [0, 0.1) is 11.8 Å². The summed E-state index contributed by atoms with van der Waals surface area (Å²) in [6.07, 6.45) is 0. The highest BCUT2D eigenvalue weighted by molar-refractivity contribution is 6.46. The van der Waals surface area contributed by atoms with Crippen LogP contribution in [-0.2, 0) is 16.1 Å². The van der Waals surface area contributed by atoms with E-state index in [1.165, 1.54) is 17.0 Å². The number of ether oxygens (including phenoxy) is 2. The van der Waals surface area contributed by atoms with Crippen LogP contribution in [0.1, 0.15) is 50.4 Å². The Morgan fingerprint density at radius 3 is 2.08 bits per heavy atom. The van der Waals surface area contributed by atoms with Gasteiger partial charge in [0.25, 0.3) is 11.7 Å². The second-order valence-corrected chi connectivity index (χ2v) is 10.6. The molecular weight excluding hydrogens is 494 g/mol. The highest BCUT2D eigenvalue weighted by atomic mass is 16.5. The van der Waals surface area contributed by atoms with Crippen LogP contribution in [0.4, 0.5) is 0 Å². The number of aliphatic hydroxyl groups is 1. The van der Waals surface area contributed by atoms with Crippen molar-refractivity contribution in [1.29, 1.82) is 0 Å². The molecule has 0 bridgehead atoms. The van der Waals surface area contributed by atoms with Gasteiger partial charge in [0, 0.05) is 12.1 Å². The Balaban J connectivity index is 1.71.